The van der Waals surface area contributed by atoms with E-state index >= 15 is 0 Å². The third-order valence-electron chi connectivity index (χ3n) is 4.83. The molecule has 0 saturated carbocycles. The van der Waals surface area contributed by atoms with Gasteiger partial charge in [0.25, 0.3) is 0 Å². The Bertz CT molecular complexity index is 1200. The van der Waals surface area contributed by atoms with Gasteiger partial charge in [-0.1, -0.05) is 11.6 Å². The Labute approximate surface area is 162 Å². The van der Waals surface area contributed by atoms with Crippen molar-refractivity contribution in [3.8, 4) is 17.2 Å². The molecule has 1 heterocycles. The van der Waals surface area contributed by atoms with Crippen LogP contribution in [-0.4, -0.2) is 29.3 Å². The molecule has 6 nitrogen and oxygen atoms in total. The highest BCUT2D eigenvalue weighted by Gasteiger charge is 2.14. The largest absolute Gasteiger partial charge is 0.507 e. The minimum absolute atomic E-state index is 0.261. The van der Waals surface area contributed by atoms with E-state index in [1.807, 2.05) is 32.0 Å². The summed E-state index contributed by atoms with van der Waals surface area (Å²) in [5.74, 6) is 2.13. The van der Waals surface area contributed by atoms with Crippen LogP contribution < -0.4 is 14.8 Å². The number of fused-ring (bicyclic) bond motifs is 2. The summed E-state index contributed by atoms with van der Waals surface area (Å²) in [6.45, 7) is 4.04. The maximum atomic E-state index is 10.3. The first kappa shape index (κ1) is 17.9. The molecule has 142 valence electrons. The third kappa shape index (κ3) is 2.93. The van der Waals surface area contributed by atoms with E-state index in [2.05, 4.69) is 27.4 Å². The fraction of sp³-hybridized carbons (Fsp3) is 0.182. The van der Waals surface area contributed by atoms with Crippen molar-refractivity contribution in [1.29, 1.82) is 0 Å². The number of hydrogen-bond donors (Lipinski definition) is 2. The summed E-state index contributed by atoms with van der Waals surface area (Å²) in [5.41, 5.74) is 3.74. The molecule has 0 unspecified atom stereocenters. The predicted octanol–water partition coefficient (Wildman–Crippen LogP) is 4.87. The molecule has 0 saturated heterocycles. The summed E-state index contributed by atoms with van der Waals surface area (Å²) in [7, 11) is 3.19. The van der Waals surface area contributed by atoms with E-state index in [1.54, 1.807) is 20.3 Å². The number of nitrogens with zero attached hydrogens (tertiary/aromatic N) is 2. The third-order valence-corrected chi connectivity index (χ3v) is 4.83. The molecular weight excluding hydrogens is 354 g/mol. The van der Waals surface area contributed by atoms with E-state index < -0.39 is 0 Å². The van der Waals surface area contributed by atoms with Crippen LogP contribution in [0.4, 0.5) is 11.5 Å². The van der Waals surface area contributed by atoms with Crippen LogP contribution in [-0.2, 0) is 0 Å². The van der Waals surface area contributed by atoms with E-state index in [0.717, 1.165) is 38.5 Å². The van der Waals surface area contributed by atoms with Crippen molar-refractivity contribution in [3.05, 3.63) is 53.9 Å². The molecule has 0 fully saturated rings. The molecule has 28 heavy (non-hydrogen) atoms. The minimum Gasteiger partial charge on any atom is -0.507 e. The zero-order valence-electron chi connectivity index (χ0n) is 16.2. The van der Waals surface area contributed by atoms with Crippen molar-refractivity contribution < 1.29 is 14.6 Å². The highest BCUT2D eigenvalue weighted by atomic mass is 16.5. The lowest BCUT2D eigenvalue weighted by Crippen LogP contribution is -1.99. The number of methoxy groups -OCH3 is 2. The molecule has 0 amide bonds. The van der Waals surface area contributed by atoms with Gasteiger partial charge in [-0.15, -0.1) is 0 Å². The maximum Gasteiger partial charge on any atom is 0.162 e. The molecule has 4 aromatic rings. The van der Waals surface area contributed by atoms with E-state index in [-0.39, 0.29) is 5.75 Å². The lowest BCUT2D eigenvalue weighted by atomic mass is 10.00. The zero-order chi connectivity index (χ0) is 19.8. The Kier molecular flexibility index (Phi) is 4.39. The van der Waals surface area contributed by atoms with Crippen molar-refractivity contribution in [3.63, 3.8) is 0 Å². The van der Waals surface area contributed by atoms with Crippen molar-refractivity contribution in [1.82, 2.24) is 9.97 Å². The number of ether oxygens (including phenoxy) is 2. The number of benzene rings is 3. The summed E-state index contributed by atoms with van der Waals surface area (Å²) < 4.78 is 10.8. The van der Waals surface area contributed by atoms with E-state index in [0.29, 0.717) is 17.3 Å². The van der Waals surface area contributed by atoms with Crippen molar-refractivity contribution in [2.75, 3.05) is 19.5 Å². The molecule has 3 aromatic carbocycles. The van der Waals surface area contributed by atoms with Gasteiger partial charge in [-0.25, -0.2) is 9.97 Å². The Balaban J connectivity index is 1.90. The first-order valence-electron chi connectivity index (χ1n) is 8.88. The molecule has 1 aromatic heterocycles. The first-order chi connectivity index (χ1) is 13.5. The zero-order valence-corrected chi connectivity index (χ0v) is 16.2. The van der Waals surface area contributed by atoms with Gasteiger partial charge in [0, 0.05) is 27.9 Å². The van der Waals surface area contributed by atoms with E-state index in [9.17, 15) is 5.11 Å². The highest BCUT2D eigenvalue weighted by molar-refractivity contribution is 6.03. The molecule has 0 aliphatic heterocycles. The number of phenolic OH excluding ortho intramolecular Hbond substituents is 1. The number of aromatic nitrogens is 2. The molecule has 0 bridgehead atoms. The molecular formula is C22H21N3O3. The fourth-order valence-corrected chi connectivity index (χ4v) is 3.57. The Morgan fingerprint density at radius 2 is 1.64 bits per heavy atom. The molecule has 0 aliphatic rings. The van der Waals surface area contributed by atoms with Gasteiger partial charge < -0.3 is 19.9 Å². The topological polar surface area (TPSA) is 76.5 Å². The van der Waals surface area contributed by atoms with Crippen LogP contribution in [0.1, 0.15) is 11.1 Å². The number of aryl methyl sites for hydroxylation is 2. The normalized spacial score (nSPS) is 11.0. The summed E-state index contributed by atoms with van der Waals surface area (Å²) in [6.07, 6.45) is 1.51. The predicted molar refractivity (Wildman–Crippen MR) is 111 cm³/mol. The number of anilines is 2. The molecule has 0 radical (unpaired) electrons. The number of nitrogens with one attached hydrogen (secondary N) is 1. The van der Waals surface area contributed by atoms with E-state index in [4.69, 9.17) is 9.47 Å². The molecule has 2 N–H and O–H groups in total. The Morgan fingerprint density at radius 3 is 2.39 bits per heavy atom. The summed E-state index contributed by atoms with van der Waals surface area (Å²) in [4.78, 5) is 8.77. The average Bonchev–Trinajstić information content (AvgIpc) is 2.68. The molecule has 0 spiro atoms. The van der Waals surface area contributed by atoms with Gasteiger partial charge in [-0.05, 0) is 43.7 Å². The SMILES string of the molecule is COc1cc2ncnc(Nc3ccc(O)c4c(C)cc(C)cc34)c2cc1OC. The monoisotopic (exact) mass is 375 g/mol. The minimum atomic E-state index is 0.261. The van der Waals surface area contributed by atoms with E-state index in [1.165, 1.54) is 6.33 Å². The van der Waals surface area contributed by atoms with Gasteiger partial charge in [-0.2, -0.15) is 0 Å². The van der Waals surface area contributed by atoms with Crippen LogP contribution in [0.2, 0.25) is 0 Å². The van der Waals surface area contributed by atoms with Crippen LogP contribution in [0, 0.1) is 13.8 Å². The van der Waals surface area contributed by atoms with Gasteiger partial charge >= 0.3 is 0 Å². The number of phenols is 1. The number of rotatable bonds is 4. The van der Waals surface area contributed by atoms with Gasteiger partial charge in [-0.3, -0.25) is 0 Å². The summed E-state index contributed by atoms with van der Waals surface area (Å²) >= 11 is 0. The quantitative estimate of drug-likeness (QED) is 0.496. The second-order valence-corrected chi connectivity index (χ2v) is 6.71. The summed E-state index contributed by atoms with van der Waals surface area (Å²) in [5, 5.41) is 16.3. The van der Waals surface area contributed by atoms with Crippen molar-refractivity contribution >= 4 is 33.2 Å². The Hall–Kier alpha value is -3.54. The highest BCUT2D eigenvalue weighted by Crippen LogP contribution is 2.38. The smallest absolute Gasteiger partial charge is 0.162 e. The van der Waals surface area contributed by atoms with Crippen LogP contribution in [0.25, 0.3) is 21.7 Å². The molecule has 6 heteroatoms. The number of hydrogen-bond acceptors (Lipinski definition) is 6. The van der Waals surface area contributed by atoms with Gasteiger partial charge in [0.2, 0.25) is 0 Å². The lowest BCUT2D eigenvalue weighted by molar-refractivity contribution is 0.356. The first-order valence-corrected chi connectivity index (χ1v) is 8.88. The molecule has 0 aliphatic carbocycles. The maximum absolute atomic E-state index is 10.3. The van der Waals surface area contributed by atoms with Crippen LogP contribution in [0.5, 0.6) is 17.2 Å². The molecule has 0 atom stereocenters. The Morgan fingerprint density at radius 1 is 0.893 bits per heavy atom. The van der Waals surface area contributed by atoms with Gasteiger partial charge in [0.1, 0.15) is 17.9 Å². The van der Waals surface area contributed by atoms with Gasteiger partial charge in [0.15, 0.2) is 11.5 Å². The molecule has 4 rings (SSSR count). The van der Waals surface area contributed by atoms with Crippen LogP contribution in [0.3, 0.4) is 0 Å². The number of aromatic hydroxyl groups is 1. The fourth-order valence-electron chi connectivity index (χ4n) is 3.57. The second-order valence-electron chi connectivity index (χ2n) is 6.71. The standard InChI is InChI=1S/C22H21N3O3/c1-12-7-13(2)21-14(8-12)16(5-6-18(21)26)25-22-15-9-19(27-3)20(28-4)10-17(15)23-11-24-22/h5-11,26H,1-4H3,(H,23,24,25). The van der Waals surface area contributed by atoms with Crippen LogP contribution in [0.15, 0.2) is 42.7 Å². The van der Waals surface area contributed by atoms with Crippen LogP contribution >= 0.6 is 0 Å². The average molecular weight is 375 g/mol. The second kappa shape index (κ2) is 6.88. The lowest BCUT2D eigenvalue weighted by Gasteiger charge is -2.15. The van der Waals surface area contributed by atoms with Gasteiger partial charge in [0.05, 0.1) is 19.7 Å². The van der Waals surface area contributed by atoms with Crippen molar-refractivity contribution in [2.24, 2.45) is 0 Å². The van der Waals surface area contributed by atoms with Crippen molar-refractivity contribution in [2.45, 2.75) is 13.8 Å². The summed E-state index contributed by atoms with van der Waals surface area (Å²) in [6, 6.07) is 11.3.